The molecule has 0 radical (unpaired) electrons. The van der Waals surface area contributed by atoms with E-state index in [9.17, 15) is 0 Å². The standard InChI is InChI=1S/C11H11ClO2/c1-14-11-6-5-9(8-10(11)12)4-2-3-7-13/h5-6,8,13H,3,7H2,1H3. The van der Waals surface area contributed by atoms with Crippen LogP contribution in [0.25, 0.3) is 0 Å². The first kappa shape index (κ1) is 10.9. The van der Waals surface area contributed by atoms with Gasteiger partial charge in [-0.05, 0) is 18.2 Å². The van der Waals surface area contributed by atoms with Crippen LogP contribution in [0.5, 0.6) is 5.75 Å². The van der Waals surface area contributed by atoms with Crippen LogP contribution in [0.3, 0.4) is 0 Å². The molecule has 14 heavy (non-hydrogen) atoms. The molecule has 3 heteroatoms. The van der Waals surface area contributed by atoms with Crippen molar-refractivity contribution in [1.82, 2.24) is 0 Å². The summed E-state index contributed by atoms with van der Waals surface area (Å²) in [5.41, 5.74) is 0.823. The number of aliphatic hydroxyl groups excluding tert-OH is 1. The molecule has 0 bridgehead atoms. The van der Waals surface area contributed by atoms with E-state index in [1.54, 1.807) is 19.2 Å². The number of ether oxygens (including phenoxy) is 1. The first-order valence-electron chi connectivity index (χ1n) is 4.21. The van der Waals surface area contributed by atoms with Crippen LogP contribution in [0, 0.1) is 11.8 Å². The van der Waals surface area contributed by atoms with Gasteiger partial charge < -0.3 is 9.84 Å². The van der Waals surface area contributed by atoms with E-state index in [2.05, 4.69) is 11.8 Å². The summed E-state index contributed by atoms with van der Waals surface area (Å²) in [6, 6.07) is 5.34. The maximum Gasteiger partial charge on any atom is 0.137 e. The van der Waals surface area contributed by atoms with Gasteiger partial charge in [0.25, 0.3) is 0 Å². The summed E-state index contributed by atoms with van der Waals surface area (Å²) in [5.74, 6) is 6.34. The molecule has 0 aliphatic carbocycles. The Balaban J connectivity index is 2.82. The average molecular weight is 211 g/mol. The van der Waals surface area contributed by atoms with Crippen LogP contribution >= 0.6 is 11.6 Å². The van der Waals surface area contributed by atoms with Gasteiger partial charge in [0.2, 0.25) is 0 Å². The molecule has 1 aromatic carbocycles. The van der Waals surface area contributed by atoms with Crippen LogP contribution < -0.4 is 4.74 Å². The first-order valence-corrected chi connectivity index (χ1v) is 4.59. The summed E-state index contributed by atoms with van der Waals surface area (Å²) in [6.07, 6.45) is 0.476. The Kier molecular flexibility index (Phi) is 4.31. The Morgan fingerprint density at radius 3 is 2.86 bits per heavy atom. The molecule has 1 N–H and O–H groups in total. The predicted molar refractivity (Wildman–Crippen MR) is 56.6 cm³/mol. The quantitative estimate of drug-likeness (QED) is 0.758. The van der Waals surface area contributed by atoms with Gasteiger partial charge in [0.05, 0.1) is 18.7 Å². The van der Waals surface area contributed by atoms with Crippen molar-refractivity contribution in [2.75, 3.05) is 13.7 Å². The number of methoxy groups -OCH3 is 1. The normalized spacial score (nSPS) is 9.07. The van der Waals surface area contributed by atoms with Crippen LogP contribution in [0.4, 0.5) is 0 Å². The number of aliphatic hydroxyl groups is 1. The molecule has 0 spiro atoms. The van der Waals surface area contributed by atoms with Gasteiger partial charge >= 0.3 is 0 Å². The number of halogens is 1. The maximum absolute atomic E-state index is 8.53. The lowest BCUT2D eigenvalue weighted by atomic mass is 10.2. The van der Waals surface area contributed by atoms with Crippen LogP contribution in [-0.2, 0) is 0 Å². The second kappa shape index (κ2) is 5.54. The van der Waals surface area contributed by atoms with E-state index >= 15 is 0 Å². The van der Waals surface area contributed by atoms with E-state index in [1.807, 2.05) is 6.07 Å². The predicted octanol–water partition coefficient (Wildman–Crippen LogP) is 2.08. The molecular weight excluding hydrogens is 200 g/mol. The van der Waals surface area contributed by atoms with Crippen molar-refractivity contribution in [1.29, 1.82) is 0 Å². The van der Waals surface area contributed by atoms with E-state index in [-0.39, 0.29) is 6.61 Å². The first-order chi connectivity index (χ1) is 6.77. The average Bonchev–Trinajstić information content (AvgIpc) is 2.18. The van der Waals surface area contributed by atoms with E-state index in [4.69, 9.17) is 21.4 Å². The van der Waals surface area contributed by atoms with Crippen LogP contribution in [0.1, 0.15) is 12.0 Å². The minimum atomic E-state index is 0.0802. The fourth-order valence-electron chi connectivity index (χ4n) is 0.965. The monoisotopic (exact) mass is 210 g/mol. The Labute approximate surface area is 88.5 Å². The fourth-order valence-corrected chi connectivity index (χ4v) is 1.22. The number of benzene rings is 1. The summed E-state index contributed by atoms with van der Waals surface area (Å²) in [5, 5.41) is 9.08. The van der Waals surface area contributed by atoms with Gasteiger partial charge in [0.1, 0.15) is 5.75 Å². The third-order valence-electron chi connectivity index (χ3n) is 1.62. The highest BCUT2D eigenvalue weighted by Gasteiger charge is 1.98. The van der Waals surface area contributed by atoms with E-state index in [1.165, 1.54) is 0 Å². The summed E-state index contributed by atoms with van der Waals surface area (Å²) in [6.45, 7) is 0.0802. The van der Waals surface area contributed by atoms with Crippen LogP contribution in [0.15, 0.2) is 18.2 Å². The van der Waals surface area contributed by atoms with Crippen molar-refractivity contribution in [3.8, 4) is 17.6 Å². The molecule has 0 atom stereocenters. The van der Waals surface area contributed by atoms with Gasteiger partial charge in [-0.25, -0.2) is 0 Å². The van der Waals surface area contributed by atoms with Gasteiger partial charge in [0.15, 0.2) is 0 Å². The summed E-state index contributed by atoms with van der Waals surface area (Å²) in [4.78, 5) is 0. The number of hydrogen-bond acceptors (Lipinski definition) is 2. The van der Waals surface area contributed by atoms with E-state index in [0.29, 0.717) is 17.2 Å². The van der Waals surface area contributed by atoms with Crippen LogP contribution in [0.2, 0.25) is 5.02 Å². The highest BCUT2D eigenvalue weighted by molar-refractivity contribution is 6.32. The Morgan fingerprint density at radius 2 is 2.29 bits per heavy atom. The zero-order valence-corrected chi connectivity index (χ0v) is 8.64. The van der Waals surface area contributed by atoms with Crippen molar-refractivity contribution >= 4 is 11.6 Å². The number of hydrogen-bond donors (Lipinski definition) is 1. The zero-order chi connectivity index (χ0) is 10.4. The zero-order valence-electron chi connectivity index (χ0n) is 7.88. The molecule has 2 nitrogen and oxygen atoms in total. The highest BCUT2D eigenvalue weighted by atomic mass is 35.5. The van der Waals surface area contributed by atoms with E-state index < -0.39 is 0 Å². The second-order valence-corrected chi connectivity index (χ2v) is 3.03. The topological polar surface area (TPSA) is 29.5 Å². The highest BCUT2D eigenvalue weighted by Crippen LogP contribution is 2.24. The largest absolute Gasteiger partial charge is 0.495 e. The van der Waals surface area contributed by atoms with Gasteiger partial charge in [-0.2, -0.15) is 0 Å². The fraction of sp³-hybridized carbons (Fsp3) is 0.273. The molecule has 0 aliphatic heterocycles. The molecular formula is C11H11ClO2. The molecule has 0 heterocycles. The van der Waals surface area contributed by atoms with Gasteiger partial charge in [-0.3, -0.25) is 0 Å². The molecule has 0 aromatic heterocycles. The van der Waals surface area contributed by atoms with Crippen molar-refractivity contribution in [3.05, 3.63) is 28.8 Å². The molecule has 1 aromatic rings. The van der Waals surface area contributed by atoms with Gasteiger partial charge in [-0.15, -0.1) is 0 Å². The summed E-state index contributed by atoms with van der Waals surface area (Å²) in [7, 11) is 1.57. The lowest BCUT2D eigenvalue weighted by Gasteiger charge is -2.01. The third-order valence-corrected chi connectivity index (χ3v) is 1.92. The molecule has 1 rings (SSSR count). The Morgan fingerprint density at radius 1 is 1.50 bits per heavy atom. The molecule has 0 saturated heterocycles. The molecule has 74 valence electrons. The minimum absolute atomic E-state index is 0.0802. The van der Waals surface area contributed by atoms with Crippen molar-refractivity contribution in [2.24, 2.45) is 0 Å². The lowest BCUT2D eigenvalue weighted by molar-refractivity contribution is 0.305. The number of rotatable bonds is 2. The molecule has 0 aliphatic rings. The molecule has 0 saturated carbocycles. The Hall–Kier alpha value is -1.17. The smallest absolute Gasteiger partial charge is 0.137 e. The van der Waals surface area contributed by atoms with Crippen LogP contribution in [-0.4, -0.2) is 18.8 Å². The van der Waals surface area contributed by atoms with Crippen molar-refractivity contribution in [2.45, 2.75) is 6.42 Å². The van der Waals surface area contributed by atoms with Crippen molar-refractivity contribution < 1.29 is 9.84 Å². The lowest BCUT2D eigenvalue weighted by Crippen LogP contribution is -1.84. The van der Waals surface area contributed by atoms with E-state index in [0.717, 1.165) is 5.56 Å². The van der Waals surface area contributed by atoms with Gasteiger partial charge in [-0.1, -0.05) is 23.4 Å². The van der Waals surface area contributed by atoms with Gasteiger partial charge in [0, 0.05) is 12.0 Å². The second-order valence-electron chi connectivity index (χ2n) is 2.62. The maximum atomic E-state index is 8.53. The summed E-state index contributed by atoms with van der Waals surface area (Å²) >= 11 is 5.90. The molecule has 0 amide bonds. The minimum Gasteiger partial charge on any atom is -0.495 e. The SMILES string of the molecule is COc1ccc(C#CCCO)cc1Cl. The molecule has 0 unspecified atom stereocenters. The summed E-state index contributed by atoms with van der Waals surface area (Å²) < 4.78 is 5.01. The molecule has 0 fully saturated rings. The Bertz CT molecular complexity index is 363. The van der Waals surface area contributed by atoms with Crippen molar-refractivity contribution in [3.63, 3.8) is 0 Å². The third kappa shape index (κ3) is 2.95.